The molecule has 2 rings (SSSR count). The third-order valence-corrected chi connectivity index (χ3v) is 3.29. The van der Waals surface area contributed by atoms with Crippen LogP contribution in [0.3, 0.4) is 0 Å². The summed E-state index contributed by atoms with van der Waals surface area (Å²) in [5.41, 5.74) is 0.375. The van der Waals surface area contributed by atoms with Crippen LogP contribution in [0, 0.1) is 0 Å². The van der Waals surface area contributed by atoms with Gasteiger partial charge >= 0.3 is 5.22 Å². The highest BCUT2D eigenvalue weighted by molar-refractivity contribution is 7.90. The highest BCUT2D eigenvalue weighted by Crippen LogP contribution is 2.11. The maximum atomic E-state index is 11.8. The summed E-state index contributed by atoms with van der Waals surface area (Å²) in [6.07, 6.45) is 0.953. The number of sulfone groups is 1. The van der Waals surface area contributed by atoms with Crippen molar-refractivity contribution >= 4 is 27.3 Å². The quantitative estimate of drug-likeness (QED) is 0.905. The van der Waals surface area contributed by atoms with Gasteiger partial charge in [-0.05, 0) is 18.2 Å². The van der Waals surface area contributed by atoms with E-state index in [4.69, 9.17) is 16.0 Å². The molecule has 1 N–H and O–H groups in total. The lowest BCUT2D eigenvalue weighted by molar-refractivity contribution is 0.0946. The van der Waals surface area contributed by atoms with Crippen molar-refractivity contribution in [3.63, 3.8) is 0 Å². The first-order valence-corrected chi connectivity index (χ1v) is 7.69. The van der Waals surface area contributed by atoms with Crippen molar-refractivity contribution in [1.82, 2.24) is 15.5 Å². The van der Waals surface area contributed by atoms with E-state index in [9.17, 15) is 13.2 Å². The van der Waals surface area contributed by atoms with Crippen molar-refractivity contribution in [3.8, 4) is 0 Å². The van der Waals surface area contributed by atoms with E-state index in [2.05, 4.69) is 15.5 Å². The minimum atomic E-state index is -3.55. The molecular formula is C11H10ClN3O4S. The lowest BCUT2D eigenvalue weighted by Crippen LogP contribution is -2.22. The van der Waals surface area contributed by atoms with Gasteiger partial charge < -0.3 is 9.73 Å². The van der Waals surface area contributed by atoms with Gasteiger partial charge in [0, 0.05) is 16.8 Å². The monoisotopic (exact) mass is 315 g/mol. The van der Waals surface area contributed by atoms with E-state index in [1.165, 1.54) is 6.07 Å². The molecule has 0 spiro atoms. The van der Waals surface area contributed by atoms with E-state index in [0.717, 1.165) is 6.26 Å². The van der Waals surface area contributed by atoms with Crippen LogP contribution in [0.25, 0.3) is 0 Å². The summed E-state index contributed by atoms with van der Waals surface area (Å²) in [4.78, 5) is 11.8. The average molecular weight is 316 g/mol. The Morgan fingerprint density at radius 1 is 1.40 bits per heavy atom. The first-order valence-electron chi connectivity index (χ1n) is 5.42. The zero-order chi connectivity index (χ0) is 14.8. The van der Waals surface area contributed by atoms with Gasteiger partial charge in [-0.2, -0.15) is 0 Å². The molecule has 1 amide bonds. The van der Waals surface area contributed by atoms with Gasteiger partial charge in [-0.1, -0.05) is 22.8 Å². The number of carbonyl (C=O) groups excluding carboxylic acids is 1. The molecule has 1 aromatic heterocycles. The number of nitrogens with one attached hydrogen (secondary N) is 1. The highest BCUT2D eigenvalue weighted by atomic mass is 35.5. The number of hydrogen-bond donors (Lipinski definition) is 1. The van der Waals surface area contributed by atoms with E-state index in [1.54, 1.807) is 18.2 Å². The van der Waals surface area contributed by atoms with Crippen LogP contribution < -0.4 is 5.32 Å². The fourth-order valence-corrected chi connectivity index (χ4v) is 1.97. The average Bonchev–Trinajstić information content (AvgIpc) is 2.84. The maximum Gasteiger partial charge on any atom is 0.335 e. The third-order valence-electron chi connectivity index (χ3n) is 2.25. The van der Waals surface area contributed by atoms with Crippen LogP contribution in [0.15, 0.2) is 33.9 Å². The number of benzene rings is 1. The molecule has 1 aromatic carbocycles. The summed E-state index contributed by atoms with van der Waals surface area (Å²) < 4.78 is 27.2. The second-order valence-corrected chi connectivity index (χ2v) is 6.26. The zero-order valence-electron chi connectivity index (χ0n) is 10.3. The summed E-state index contributed by atoms with van der Waals surface area (Å²) in [5.74, 6) is -0.382. The van der Waals surface area contributed by atoms with Crippen LogP contribution in [0.5, 0.6) is 0 Å². The number of halogens is 1. The van der Waals surface area contributed by atoms with Crippen LogP contribution in [-0.4, -0.2) is 30.8 Å². The van der Waals surface area contributed by atoms with Gasteiger partial charge in [-0.3, -0.25) is 4.79 Å². The molecule has 0 aliphatic heterocycles. The maximum absolute atomic E-state index is 11.8. The number of carbonyl (C=O) groups is 1. The minimum Gasteiger partial charge on any atom is -0.411 e. The Kier molecular flexibility index (Phi) is 4.05. The molecule has 9 heteroatoms. The van der Waals surface area contributed by atoms with Gasteiger partial charge in [0.25, 0.3) is 5.91 Å². The molecule has 0 bridgehead atoms. The van der Waals surface area contributed by atoms with Gasteiger partial charge in [0.05, 0.1) is 6.54 Å². The normalized spacial score (nSPS) is 11.3. The molecule has 0 aliphatic rings. The molecular weight excluding hydrogens is 306 g/mol. The molecule has 0 atom stereocenters. The molecule has 0 saturated carbocycles. The van der Waals surface area contributed by atoms with Crippen molar-refractivity contribution in [2.45, 2.75) is 11.8 Å². The number of aromatic nitrogens is 2. The lowest BCUT2D eigenvalue weighted by Gasteiger charge is -2.02. The molecule has 0 unspecified atom stereocenters. The molecule has 20 heavy (non-hydrogen) atoms. The summed E-state index contributed by atoms with van der Waals surface area (Å²) in [6.45, 7) is -0.0755. The standard InChI is InChI=1S/C11H10ClN3O4S/c1-20(17,18)11-15-14-9(19-11)6-13-10(16)7-3-2-4-8(12)5-7/h2-5H,6H2,1H3,(H,13,16). The van der Waals surface area contributed by atoms with E-state index >= 15 is 0 Å². The van der Waals surface area contributed by atoms with Gasteiger partial charge in [-0.15, -0.1) is 5.10 Å². The van der Waals surface area contributed by atoms with Crippen molar-refractivity contribution in [2.24, 2.45) is 0 Å². The first-order chi connectivity index (χ1) is 9.36. The summed E-state index contributed by atoms with van der Waals surface area (Å²) in [7, 11) is -3.55. The predicted molar refractivity (Wildman–Crippen MR) is 70.0 cm³/mol. The van der Waals surface area contributed by atoms with Crippen LogP contribution in [0.4, 0.5) is 0 Å². The number of hydrogen-bond acceptors (Lipinski definition) is 6. The molecule has 7 nitrogen and oxygen atoms in total. The largest absolute Gasteiger partial charge is 0.411 e. The smallest absolute Gasteiger partial charge is 0.335 e. The van der Waals surface area contributed by atoms with Crippen molar-refractivity contribution in [1.29, 1.82) is 0 Å². The minimum absolute atomic E-state index is 0.000744. The number of nitrogens with zero attached hydrogens (tertiary/aromatic N) is 2. The van der Waals surface area contributed by atoms with Gasteiger partial charge in [0.1, 0.15) is 0 Å². The Balaban J connectivity index is 2.02. The zero-order valence-corrected chi connectivity index (χ0v) is 11.9. The van der Waals surface area contributed by atoms with Gasteiger partial charge in [0.15, 0.2) is 0 Å². The van der Waals surface area contributed by atoms with Crippen LogP contribution in [-0.2, 0) is 16.4 Å². The molecule has 0 aliphatic carbocycles. The van der Waals surface area contributed by atoms with Crippen LogP contribution in [0.1, 0.15) is 16.2 Å². The predicted octanol–water partition coefficient (Wildman–Crippen LogP) is 1.06. The number of rotatable bonds is 4. The fourth-order valence-electron chi connectivity index (χ4n) is 1.35. The van der Waals surface area contributed by atoms with E-state index in [1.807, 2.05) is 0 Å². The Hall–Kier alpha value is -1.93. The van der Waals surface area contributed by atoms with Crippen molar-refractivity contribution < 1.29 is 17.6 Å². The number of amides is 1. The second kappa shape index (κ2) is 5.59. The molecule has 0 radical (unpaired) electrons. The molecule has 0 fully saturated rings. The molecule has 106 valence electrons. The van der Waals surface area contributed by atoms with E-state index in [-0.39, 0.29) is 18.3 Å². The summed E-state index contributed by atoms with van der Waals surface area (Å²) in [6, 6.07) is 6.39. The topological polar surface area (TPSA) is 102 Å². The van der Waals surface area contributed by atoms with Gasteiger partial charge in [0.2, 0.25) is 15.7 Å². The van der Waals surface area contributed by atoms with Crippen molar-refractivity contribution in [2.75, 3.05) is 6.26 Å². The Morgan fingerprint density at radius 2 is 2.15 bits per heavy atom. The highest BCUT2D eigenvalue weighted by Gasteiger charge is 2.16. The Labute approximate surface area is 119 Å². The molecule has 2 aromatic rings. The van der Waals surface area contributed by atoms with Gasteiger partial charge in [-0.25, -0.2) is 8.42 Å². The third kappa shape index (κ3) is 3.55. The Bertz CT molecular complexity index is 742. The second-order valence-electron chi connectivity index (χ2n) is 3.93. The lowest BCUT2D eigenvalue weighted by atomic mass is 10.2. The molecule has 1 heterocycles. The fraction of sp³-hybridized carbons (Fsp3) is 0.182. The first kappa shape index (κ1) is 14.5. The molecule has 0 saturated heterocycles. The van der Waals surface area contributed by atoms with E-state index in [0.29, 0.717) is 10.6 Å². The van der Waals surface area contributed by atoms with Crippen LogP contribution in [0.2, 0.25) is 5.02 Å². The summed E-state index contributed by atoms with van der Waals surface area (Å²) in [5, 5.41) is 9.38. The van der Waals surface area contributed by atoms with Crippen molar-refractivity contribution in [3.05, 3.63) is 40.7 Å². The Morgan fingerprint density at radius 3 is 2.75 bits per heavy atom. The van der Waals surface area contributed by atoms with Crippen LogP contribution >= 0.6 is 11.6 Å². The van der Waals surface area contributed by atoms with E-state index < -0.39 is 15.1 Å². The SMILES string of the molecule is CS(=O)(=O)c1nnc(CNC(=O)c2cccc(Cl)c2)o1. The summed E-state index contributed by atoms with van der Waals surface area (Å²) >= 11 is 5.77.